The predicted octanol–water partition coefficient (Wildman–Crippen LogP) is 1.57. The second kappa shape index (κ2) is 4.92. The molecule has 18 heavy (non-hydrogen) atoms. The fourth-order valence-corrected chi connectivity index (χ4v) is 4.48. The van der Waals surface area contributed by atoms with E-state index in [1.165, 1.54) is 11.3 Å². The first kappa shape index (κ1) is 14.0. The van der Waals surface area contributed by atoms with Gasteiger partial charge in [0.05, 0.1) is 0 Å². The van der Waals surface area contributed by atoms with Crippen LogP contribution in [0.1, 0.15) is 25.1 Å². The Kier molecular flexibility index (Phi) is 3.82. The van der Waals surface area contributed by atoms with Crippen LogP contribution in [-0.2, 0) is 16.4 Å². The van der Waals surface area contributed by atoms with Crippen molar-refractivity contribution >= 4 is 21.4 Å². The highest BCUT2D eigenvalue weighted by Crippen LogP contribution is 2.51. The van der Waals surface area contributed by atoms with Crippen LogP contribution in [0.5, 0.6) is 0 Å². The molecule has 4 nitrogen and oxygen atoms in total. The number of nitrogens with one attached hydrogen (secondary N) is 1. The molecule has 1 fully saturated rings. The molecule has 0 aliphatic heterocycles. The molecule has 6 heteroatoms. The van der Waals surface area contributed by atoms with Crippen molar-refractivity contribution < 1.29 is 8.42 Å². The van der Waals surface area contributed by atoms with Crippen molar-refractivity contribution in [3.8, 4) is 0 Å². The maximum Gasteiger partial charge on any atom is 0.250 e. The van der Waals surface area contributed by atoms with Crippen LogP contribution in [0.3, 0.4) is 0 Å². The zero-order valence-corrected chi connectivity index (χ0v) is 12.4. The van der Waals surface area contributed by atoms with Crippen LogP contribution >= 0.6 is 11.3 Å². The molecule has 0 aromatic carbocycles. The second-order valence-corrected chi connectivity index (χ2v) is 8.66. The van der Waals surface area contributed by atoms with Gasteiger partial charge < -0.3 is 5.73 Å². The second-order valence-electron chi connectivity index (χ2n) is 5.50. The molecule has 0 radical (unpaired) electrons. The average molecular weight is 288 g/mol. The lowest BCUT2D eigenvalue weighted by Crippen LogP contribution is -2.26. The van der Waals surface area contributed by atoms with Gasteiger partial charge in [0.1, 0.15) is 4.21 Å². The number of hydrogen-bond acceptors (Lipinski definition) is 4. The van der Waals surface area contributed by atoms with Crippen molar-refractivity contribution in [2.45, 2.75) is 30.9 Å². The standard InChI is InChI=1S/C12H20N2O2S2/c1-12(2)7-9(12)8-14-18(15,16)11-4-3-10(17-11)5-6-13/h3-4,9,14H,5-8,13H2,1-2H3. The normalized spacial score (nSPS) is 22.1. The lowest BCUT2D eigenvalue weighted by Gasteiger charge is -2.05. The molecular formula is C12H20N2O2S2. The van der Waals surface area contributed by atoms with Crippen molar-refractivity contribution in [1.82, 2.24) is 4.72 Å². The first-order chi connectivity index (χ1) is 8.35. The summed E-state index contributed by atoms with van der Waals surface area (Å²) in [5.41, 5.74) is 5.75. The van der Waals surface area contributed by atoms with E-state index in [-0.39, 0.29) is 0 Å². The van der Waals surface area contributed by atoms with Gasteiger partial charge in [-0.2, -0.15) is 0 Å². The Morgan fingerprint density at radius 3 is 2.72 bits per heavy atom. The summed E-state index contributed by atoms with van der Waals surface area (Å²) in [6, 6.07) is 3.50. The summed E-state index contributed by atoms with van der Waals surface area (Å²) >= 11 is 1.31. The van der Waals surface area contributed by atoms with E-state index in [4.69, 9.17) is 5.73 Å². The van der Waals surface area contributed by atoms with Gasteiger partial charge in [-0.05, 0) is 42.9 Å². The first-order valence-corrected chi connectivity index (χ1v) is 8.43. The third kappa shape index (κ3) is 3.12. The van der Waals surface area contributed by atoms with Crippen molar-refractivity contribution in [3.05, 3.63) is 17.0 Å². The minimum absolute atomic E-state index is 0.294. The summed E-state index contributed by atoms with van der Waals surface area (Å²) in [6.45, 7) is 5.41. The Morgan fingerprint density at radius 2 is 2.17 bits per heavy atom. The average Bonchev–Trinajstić information content (AvgIpc) is 2.71. The summed E-state index contributed by atoms with van der Waals surface area (Å²) in [5.74, 6) is 0.468. The molecule has 0 bridgehead atoms. The molecule has 1 atom stereocenters. The summed E-state index contributed by atoms with van der Waals surface area (Å²) in [5, 5.41) is 0. The smallest absolute Gasteiger partial charge is 0.250 e. The maximum atomic E-state index is 12.1. The van der Waals surface area contributed by atoms with E-state index in [9.17, 15) is 8.42 Å². The van der Waals surface area contributed by atoms with E-state index in [0.29, 0.717) is 28.6 Å². The Morgan fingerprint density at radius 1 is 1.50 bits per heavy atom. The summed E-state index contributed by atoms with van der Waals surface area (Å²) < 4.78 is 27.2. The molecule has 1 heterocycles. The highest BCUT2D eigenvalue weighted by molar-refractivity contribution is 7.91. The third-order valence-corrected chi connectivity index (χ3v) is 6.59. The molecule has 1 aromatic heterocycles. The van der Waals surface area contributed by atoms with Crippen LogP contribution in [0.4, 0.5) is 0 Å². The highest BCUT2D eigenvalue weighted by Gasteiger charge is 2.45. The summed E-state index contributed by atoms with van der Waals surface area (Å²) in [7, 11) is -3.34. The molecule has 0 saturated heterocycles. The Hall–Kier alpha value is -0.430. The van der Waals surface area contributed by atoms with Gasteiger partial charge in [0, 0.05) is 11.4 Å². The van der Waals surface area contributed by atoms with Gasteiger partial charge in [-0.1, -0.05) is 13.8 Å². The molecule has 2 rings (SSSR count). The van der Waals surface area contributed by atoms with E-state index >= 15 is 0 Å². The highest BCUT2D eigenvalue weighted by atomic mass is 32.2. The summed E-state index contributed by atoms with van der Waals surface area (Å²) in [4.78, 5) is 1.02. The third-order valence-electron chi connectivity index (χ3n) is 3.53. The molecule has 0 spiro atoms. The van der Waals surface area contributed by atoms with Gasteiger partial charge >= 0.3 is 0 Å². The Bertz CT molecular complexity index is 520. The number of sulfonamides is 1. The molecule has 1 saturated carbocycles. The van der Waals surface area contributed by atoms with E-state index in [2.05, 4.69) is 18.6 Å². The fraction of sp³-hybridized carbons (Fsp3) is 0.667. The van der Waals surface area contributed by atoms with Gasteiger partial charge in [0.25, 0.3) is 0 Å². The predicted molar refractivity (Wildman–Crippen MR) is 74.2 cm³/mol. The maximum absolute atomic E-state index is 12.1. The molecule has 1 aromatic rings. The van der Waals surface area contributed by atoms with Crippen molar-refractivity contribution in [2.75, 3.05) is 13.1 Å². The minimum Gasteiger partial charge on any atom is -0.330 e. The molecule has 1 aliphatic carbocycles. The molecule has 1 aliphatic rings. The zero-order valence-electron chi connectivity index (χ0n) is 10.8. The lowest BCUT2D eigenvalue weighted by atomic mass is 10.1. The van der Waals surface area contributed by atoms with Crippen molar-refractivity contribution in [1.29, 1.82) is 0 Å². The van der Waals surface area contributed by atoms with Gasteiger partial charge in [-0.25, -0.2) is 13.1 Å². The van der Waals surface area contributed by atoms with Crippen LogP contribution in [0, 0.1) is 11.3 Å². The van der Waals surface area contributed by atoms with Crippen LogP contribution in [0.2, 0.25) is 0 Å². The topological polar surface area (TPSA) is 72.2 Å². The number of thiophene rings is 1. The largest absolute Gasteiger partial charge is 0.330 e. The van der Waals surface area contributed by atoms with Crippen LogP contribution in [-0.4, -0.2) is 21.5 Å². The SMILES string of the molecule is CC1(C)CC1CNS(=O)(=O)c1ccc(CCN)s1. The molecular weight excluding hydrogens is 268 g/mol. The van der Waals surface area contributed by atoms with E-state index < -0.39 is 10.0 Å². The molecule has 3 N–H and O–H groups in total. The van der Waals surface area contributed by atoms with E-state index in [0.717, 1.165) is 17.7 Å². The monoisotopic (exact) mass is 288 g/mol. The Balaban J connectivity index is 1.97. The Labute approximate surface area is 113 Å². The molecule has 0 amide bonds. The van der Waals surface area contributed by atoms with Crippen molar-refractivity contribution in [2.24, 2.45) is 17.1 Å². The lowest BCUT2D eigenvalue weighted by molar-refractivity contribution is 0.538. The quantitative estimate of drug-likeness (QED) is 0.834. The van der Waals surface area contributed by atoms with Gasteiger partial charge in [-0.3, -0.25) is 0 Å². The first-order valence-electron chi connectivity index (χ1n) is 6.13. The molecule has 102 valence electrons. The van der Waals surface area contributed by atoms with E-state index in [1.54, 1.807) is 6.07 Å². The van der Waals surface area contributed by atoms with Gasteiger partial charge in [-0.15, -0.1) is 11.3 Å². The number of rotatable bonds is 6. The molecule has 1 unspecified atom stereocenters. The number of nitrogens with two attached hydrogens (primary N) is 1. The summed E-state index contributed by atoms with van der Waals surface area (Å²) in [6.07, 6.45) is 1.83. The fourth-order valence-electron chi connectivity index (χ4n) is 1.99. The van der Waals surface area contributed by atoms with Gasteiger partial charge in [0.15, 0.2) is 0 Å². The van der Waals surface area contributed by atoms with Gasteiger partial charge in [0.2, 0.25) is 10.0 Å². The van der Waals surface area contributed by atoms with Crippen LogP contribution in [0.25, 0.3) is 0 Å². The van der Waals surface area contributed by atoms with Crippen LogP contribution in [0.15, 0.2) is 16.3 Å². The van der Waals surface area contributed by atoms with Crippen LogP contribution < -0.4 is 10.5 Å². The zero-order chi connectivity index (χ0) is 13.4. The van der Waals surface area contributed by atoms with Crippen molar-refractivity contribution in [3.63, 3.8) is 0 Å². The van der Waals surface area contributed by atoms with E-state index in [1.807, 2.05) is 6.07 Å². The minimum atomic E-state index is -3.34. The number of hydrogen-bond donors (Lipinski definition) is 2.